The first-order valence-electron chi connectivity index (χ1n) is 7.25. The monoisotopic (exact) mass is 461 g/mol. The van der Waals surface area contributed by atoms with Crippen LogP contribution in [0.2, 0.25) is 0 Å². The van der Waals surface area contributed by atoms with E-state index in [1.54, 1.807) is 17.4 Å². The quantitative estimate of drug-likeness (QED) is 0.227. The molecule has 0 aliphatic rings. The molecule has 0 aliphatic heterocycles. The standard InChI is InChI=1S/C15H19N5O2S.HI/c1-3-16-15(19-10-14-17-8-11(2)23-14)18-9-12-5-4-6-13(7-12)20(21)22;/h4-8H,3,9-10H2,1-2H3,(H2,16,18,19);1H. The van der Waals surface area contributed by atoms with E-state index in [4.69, 9.17) is 0 Å². The summed E-state index contributed by atoms with van der Waals surface area (Å²) in [5.74, 6) is 0.659. The van der Waals surface area contributed by atoms with E-state index in [0.29, 0.717) is 19.0 Å². The van der Waals surface area contributed by atoms with Gasteiger partial charge in [0.1, 0.15) is 5.01 Å². The molecule has 130 valence electrons. The summed E-state index contributed by atoms with van der Waals surface area (Å²) in [4.78, 5) is 20.3. The van der Waals surface area contributed by atoms with Gasteiger partial charge in [-0.15, -0.1) is 35.3 Å². The molecule has 0 radical (unpaired) electrons. The first kappa shape index (κ1) is 20.3. The highest BCUT2D eigenvalue weighted by molar-refractivity contribution is 14.0. The van der Waals surface area contributed by atoms with Crippen LogP contribution in [0.1, 0.15) is 22.4 Å². The lowest BCUT2D eigenvalue weighted by molar-refractivity contribution is -0.384. The number of nitrogens with zero attached hydrogens (tertiary/aromatic N) is 3. The normalized spacial score (nSPS) is 10.8. The van der Waals surface area contributed by atoms with Crippen molar-refractivity contribution in [3.8, 4) is 0 Å². The Morgan fingerprint density at radius 2 is 2.21 bits per heavy atom. The summed E-state index contributed by atoms with van der Waals surface area (Å²) in [5, 5.41) is 18.1. The zero-order valence-electron chi connectivity index (χ0n) is 13.5. The fourth-order valence-corrected chi connectivity index (χ4v) is 2.65. The summed E-state index contributed by atoms with van der Waals surface area (Å²) in [5.41, 5.74) is 0.871. The second kappa shape index (κ2) is 10.2. The first-order chi connectivity index (χ1) is 11.1. The fourth-order valence-electron chi connectivity index (χ4n) is 1.92. The first-order valence-corrected chi connectivity index (χ1v) is 8.07. The van der Waals surface area contributed by atoms with E-state index < -0.39 is 4.92 Å². The SMILES string of the molecule is CCNC(=NCc1cccc([N+](=O)[O-])c1)NCc1ncc(C)s1.I. The molecule has 0 fully saturated rings. The Hall–Kier alpha value is -1.75. The number of nitrogens with one attached hydrogen (secondary N) is 2. The van der Waals surface area contributed by atoms with Crippen molar-refractivity contribution >= 4 is 47.0 Å². The van der Waals surface area contributed by atoms with Gasteiger partial charge in [-0.2, -0.15) is 0 Å². The molecule has 0 unspecified atom stereocenters. The average molecular weight is 461 g/mol. The molecule has 24 heavy (non-hydrogen) atoms. The Labute approximate surface area is 161 Å². The maximum atomic E-state index is 10.8. The van der Waals surface area contributed by atoms with E-state index in [1.807, 2.05) is 26.1 Å². The Bertz CT molecular complexity index is 705. The number of aryl methyl sites for hydroxylation is 1. The van der Waals surface area contributed by atoms with Gasteiger partial charge in [-0.05, 0) is 19.4 Å². The number of hydrogen-bond donors (Lipinski definition) is 2. The lowest BCUT2D eigenvalue weighted by Gasteiger charge is -2.10. The molecule has 9 heteroatoms. The number of nitro groups is 1. The van der Waals surface area contributed by atoms with Crippen LogP contribution in [-0.4, -0.2) is 22.4 Å². The van der Waals surface area contributed by atoms with Crippen molar-refractivity contribution in [2.45, 2.75) is 26.9 Å². The summed E-state index contributed by atoms with van der Waals surface area (Å²) in [7, 11) is 0. The molecule has 7 nitrogen and oxygen atoms in total. The number of aromatic nitrogens is 1. The average Bonchev–Trinajstić information content (AvgIpc) is 2.96. The van der Waals surface area contributed by atoms with Crippen molar-refractivity contribution in [1.82, 2.24) is 15.6 Å². The van der Waals surface area contributed by atoms with Gasteiger partial charge >= 0.3 is 0 Å². The second-order valence-electron chi connectivity index (χ2n) is 4.84. The van der Waals surface area contributed by atoms with Gasteiger partial charge in [-0.3, -0.25) is 10.1 Å². The molecule has 0 atom stereocenters. The highest BCUT2D eigenvalue weighted by Gasteiger charge is 2.06. The Morgan fingerprint density at radius 3 is 2.83 bits per heavy atom. The van der Waals surface area contributed by atoms with Crippen molar-refractivity contribution in [3.05, 3.63) is 56.0 Å². The van der Waals surface area contributed by atoms with Crippen molar-refractivity contribution in [1.29, 1.82) is 0 Å². The van der Waals surface area contributed by atoms with Gasteiger partial charge in [0.15, 0.2) is 5.96 Å². The second-order valence-corrected chi connectivity index (χ2v) is 6.16. The van der Waals surface area contributed by atoms with Crippen LogP contribution in [0, 0.1) is 17.0 Å². The van der Waals surface area contributed by atoms with E-state index in [-0.39, 0.29) is 29.7 Å². The number of non-ortho nitro benzene ring substituents is 1. The van der Waals surface area contributed by atoms with E-state index in [0.717, 1.165) is 17.1 Å². The molecule has 2 rings (SSSR count). The third-order valence-electron chi connectivity index (χ3n) is 2.96. The number of rotatable bonds is 6. The lowest BCUT2D eigenvalue weighted by Crippen LogP contribution is -2.36. The third kappa shape index (κ3) is 6.40. The summed E-state index contributed by atoms with van der Waals surface area (Å²) in [6.07, 6.45) is 1.84. The zero-order chi connectivity index (χ0) is 16.7. The maximum absolute atomic E-state index is 10.8. The predicted octanol–water partition coefficient (Wildman–Crippen LogP) is 3.23. The van der Waals surface area contributed by atoms with Gasteiger partial charge < -0.3 is 10.6 Å². The minimum Gasteiger partial charge on any atom is -0.357 e. The van der Waals surface area contributed by atoms with Crippen LogP contribution in [0.25, 0.3) is 0 Å². The molecule has 1 heterocycles. The van der Waals surface area contributed by atoms with Crippen molar-refractivity contribution < 1.29 is 4.92 Å². The Kier molecular flexibility index (Phi) is 8.61. The molecule has 2 N–H and O–H groups in total. The molecule has 1 aromatic heterocycles. The van der Waals surface area contributed by atoms with Crippen molar-refractivity contribution in [2.24, 2.45) is 4.99 Å². The number of aliphatic imine (C=N–C) groups is 1. The van der Waals surface area contributed by atoms with Crippen LogP contribution < -0.4 is 10.6 Å². The van der Waals surface area contributed by atoms with Gasteiger partial charge in [-0.25, -0.2) is 9.98 Å². The minimum atomic E-state index is -0.401. The molecule has 0 saturated heterocycles. The smallest absolute Gasteiger partial charge is 0.269 e. The molecule has 0 bridgehead atoms. The van der Waals surface area contributed by atoms with Crippen LogP contribution in [0.5, 0.6) is 0 Å². The van der Waals surface area contributed by atoms with Gasteiger partial charge in [0.2, 0.25) is 0 Å². The summed E-state index contributed by atoms with van der Waals surface area (Å²) in [6, 6.07) is 6.50. The van der Waals surface area contributed by atoms with Crippen molar-refractivity contribution in [2.75, 3.05) is 6.54 Å². The predicted molar refractivity (Wildman–Crippen MR) is 107 cm³/mol. The molecular formula is C15H20IN5O2S. The third-order valence-corrected chi connectivity index (χ3v) is 3.87. The van der Waals surface area contributed by atoms with E-state index in [9.17, 15) is 10.1 Å². The number of guanidine groups is 1. The van der Waals surface area contributed by atoms with Gasteiger partial charge in [0, 0.05) is 29.8 Å². The highest BCUT2D eigenvalue weighted by Crippen LogP contribution is 2.14. The van der Waals surface area contributed by atoms with Crippen LogP contribution in [0.15, 0.2) is 35.5 Å². The van der Waals surface area contributed by atoms with Crippen molar-refractivity contribution in [3.63, 3.8) is 0 Å². The Balaban J connectivity index is 0.00000288. The van der Waals surface area contributed by atoms with Crippen LogP contribution in [0.3, 0.4) is 0 Å². The molecular weight excluding hydrogens is 441 g/mol. The fraction of sp³-hybridized carbons (Fsp3) is 0.333. The molecule has 0 spiro atoms. The van der Waals surface area contributed by atoms with E-state index >= 15 is 0 Å². The van der Waals surface area contributed by atoms with Crippen LogP contribution in [-0.2, 0) is 13.1 Å². The van der Waals surface area contributed by atoms with E-state index in [1.165, 1.54) is 17.0 Å². The molecule has 2 aromatic rings. The number of hydrogen-bond acceptors (Lipinski definition) is 5. The Morgan fingerprint density at radius 1 is 1.42 bits per heavy atom. The topological polar surface area (TPSA) is 92.5 Å². The summed E-state index contributed by atoms with van der Waals surface area (Å²) >= 11 is 1.64. The minimum absolute atomic E-state index is 0. The molecule has 0 aliphatic carbocycles. The summed E-state index contributed by atoms with van der Waals surface area (Å²) in [6.45, 7) is 5.70. The molecule has 0 amide bonds. The highest BCUT2D eigenvalue weighted by atomic mass is 127. The van der Waals surface area contributed by atoms with Gasteiger partial charge in [0.05, 0.1) is 18.0 Å². The van der Waals surface area contributed by atoms with Gasteiger partial charge in [-0.1, -0.05) is 12.1 Å². The largest absolute Gasteiger partial charge is 0.357 e. The summed E-state index contributed by atoms with van der Waals surface area (Å²) < 4.78 is 0. The number of benzene rings is 1. The maximum Gasteiger partial charge on any atom is 0.269 e. The number of halogens is 1. The lowest BCUT2D eigenvalue weighted by atomic mass is 10.2. The van der Waals surface area contributed by atoms with Crippen LogP contribution in [0.4, 0.5) is 5.69 Å². The zero-order valence-corrected chi connectivity index (χ0v) is 16.6. The molecule has 0 saturated carbocycles. The van der Waals surface area contributed by atoms with E-state index in [2.05, 4.69) is 20.6 Å². The number of thiazole rings is 1. The van der Waals surface area contributed by atoms with Crippen LogP contribution >= 0.6 is 35.3 Å². The molecule has 1 aromatic carbocycles. The van der Waals surface area contributed by atoms with Gasteiger partial charge in [0.25, 0.3) is 5.69 Å². The number of nitro benzene ring substituents is 1.